The zero-order valence-corrected chi connectivity index (χ0v) is 30.9. The van der Waals surface area contributed by atoms with E-state index in [1.165, 1.54) is 16.9 Å². The van der Waals surface area contributed by atoms with E-state index in [4.69, 9.17) is 16.3 Å². The SMILES string of the molecule is COc1ccc(C2C3=CCC4C(=O)N(c5ccc(C(=O)c6ccccc6)cc5)C(=O)C4C3CC3C(=O)N(c4cccc(Cl)c4)C(=O)C32c2ccccc2)cc1O. The van der Waals surface area contributed by atoms with Gasteiger partial charge in [-0.15, -0.1) is 0 Å². The summed E-state index contributed by atoms with van der Waals surface area (Å²) >= 11 is 6.41. The summed E-state index contributed by atoms with van der Waals surface area (Å²) in [4.78, 5) is 74.9. The van der Waals surface area contributed by atoms with Crippen LogP contribution >= 0.6 is 11.6 Å². The minimum atomic E-state index is -1.48. The van der Waals surface area contributed by atoms with E-state index in [0.29, 0.717) is 38.7 Å². The third-order valence-corrected chi connectivity index (χ3v) is 12.4. The van der Waals surface area contributed by atoms with E-state index in [1.807, 2.05) is 42.5 Å². The Kier molecular flexibility index (Phi) is 8.50. The predicted molar refractivity (Wildman–Crippen MR) is 210 cm³/mol. The quantitative estimate of drug-likeness (QED) is 0.103. The van der Waals surface area contributed by atoms with Crippen molar-refractivity contribution in [3.8, 4) is 11.5 Å². The van der Waals surface area contributed by atoms with Crippen molar-refractivity contribution in [2.75, 3.05) is 16.9 Å². The number of ether oxygens (including phenoxy) is 1. The van der Waals surface area contributed by atoms with Crippen molar-refractivity contribution in [1.82, 2.24) is 0 Å². The molecule has 0 radical (unpaired) electrons. The van der Waals surface area contributed by atoms with Crippen LogP contribution in [0.1, 0.15) is 45.8 Å². The second kappa shape index (κ2) is 13.5. The number of benzene rings is 5. The zero-order chi connectivity index (χ0) is 38.9. The topological polar surface area (TPSA) is 121 Å². The molecule has 6 unspecified atom stereocenters. The second-order valence-electron chi connectivity index (χ2n) is 14.8. The van der Waals surface area contributed by atoms with E-state index < -0.39 is 52.7 Å². The van der Waals surface area contributed by atoms with Gasteiger partial charge in [-0.1, -0.05) is 96.0 Å². The highest BCUT2D eigenvalue weighted by Gasteiger charge is 2.70. The molecule has 2 aliphatic heterocycles. The molecule has 1 N–H and O–H groups in total. The van der Waals surface area contributed by atoms with Crippen LogP contribution in [0.2, 0.25) is 5.02 Å². The van der Waals surface area contributed by atoms with Gasteiger partial charge in [0.05, 0.1) is 41.7 Å². The zero-order valence-electron chi connectivity index (χ0n) is 30.2. The van der Waals surface area contributed by atoms with Crippen LogP contribution in [0.25, 0.3) is 0 Å². The maximum Gasteiger partial charge on any atom is 0.246 e. The average Bonchev–Trinajstić information content (AvgIpc) is 3.61. The van der Waals surface area contributed by atoms with E-state index in [2.05, 4.69) is 0 Å². The number of imide groups is 2. The fourth-order valence-electron chi connectivity index (χ4n) is 9.78. The minimum Gasteiger partial charge on any atom is -0.504 e. The van der Waals surface area contributed by atoms with Gasteiger partial charge in [0, 0.05) is 22.1 Å². The van der Waals surface area contributed by atoms with Crippen LogP contribution in [-0.2, 0) is 24.6 Å². The number of methoxy groups -OCH3 is 1. The Balaban J connectivity index is 1.17. The number of rotatable bonds is 7. The number of halogens is 1. The average molecular weight is 763 g/mol. The molecule has 1 saturated carbocycles. The monoisotopic (exact) mass is 762 g/mol. The molecular weight excluding hydrogens is 728 g/mol. The molecule has 4 amide bonds. The van der Waals surface area contributed by atoms with Crippen LogP contribution in [0.5, 0.6) is 11.5 Å². The Bertz CT molecular complexity index is 2480. The lowest BCUT2D eigenvalue weighted by Gasteiger charge is -2.50. The van der Waals surface area contributed by atoms with E-state index >= 15 is 4.79 Å². The summed E-state index contributed by atoms with van der Waals surface area (Å²) < 4.78 is 5.38. The molecule has 10 heteroatoms. The highest BCUT2D eigenvalue weighted by atomic mass is 35.5. The van der Waals surface area contributed by atoms with Gasteiger partial charge < -0.3 is 9.84 Å². The number of ketones is 1. The van der Waals surface area contributed by atoms with Crippen LogP contribution in [0.4, 0.5) is 11.4 Å². The number of carbonyl (C=O) groups excluding carboxylic acids is 5. The van der Waals surface area contributed by atoms with Gasteiger partial charge in [0.25, 0.3) is 0 Å². The molecule has 2 saturated heterocycles. The van der Waals surface area contributed by atoms with Gasteiger partial charge in [-0.2, -0.15) is 0 Å². The molecule has 4 aliphatic rings. The van der Waals surface area contributed by atoms with E-state index in [-0.39, 0.29) is 36.0 Å². The van der Waals surface area contributed by atoms with Crippen molar-refractivity contribution >= 4 is 52.4 Å². The summed E-state index contributed by atoms with van der Waals surface area (Å²) in [5.41, 5.74) is 2.09. The highest BCUT2D eigenvalue weighted by Crippen LogP contribution is 2.65. The molecule has 56 heavy (non-hydrogen) atoms. The lowest BCUT2D eigenvalue weighted by atomic mass is 9.49. The number of fused-ring (bicyclic) bond motifs is 4. The van der Waals surface area contributed by atoms with Crippen LogP contribution in [0.3, 0.4) is 0 Å². The summed E-state index contributed by atoms with van der Waals surface area (Å²) in [5.74, 6) is -5.59. The third kappa shape index (κ3) is 5.18. The number of hydrogen-bond donors (Lipinski definition) is 1. The molecule has 0 spiro atoms. The van der Waals surface area contributed by atoms with Crippen molar-refractivity contribution in [3.05, 3.63) is 166 Å². The van der Waals surface area contributed by atoms with E-state index in [1.54, 1.807) is 91.0 Å². The maximum absolute atomic E-state index is 15.4. The lowest BCUT2D eigenvalue weighted by Crippen LogP contribution is -2.53. The number of phenols is 1. The Morgan fingerprint density at radius 1 is 0.732 bits per heavy atom. The first-order chi connectivity index (χ1) is 27.1. The summed E-state index contributed by atoms with van der Waals surface area (Å²) in [6.45, 7) is 0. The molecule has 6 atom stereocenters. The van der Waals surface area contributed by atoms with Gasteiger partial charge in [0.1, 0.15) is 0 Å². The number of anilines is 2. The number of hydrogen-bond acceptors (Lipinski definition) is 7. The first kappa shape index (κ1) is 35.4. The van der Waals surface area contributed by atoms with E-state index in [9.17, 15) is 24.3 Å². The molecule has 5 aromatic rings. The smallest absolute Gasteiger partial charge is 0.246 e. The Labute approximate surface area is 327 Å². The van der Waals surface area contributed by atoms with Crippen molar-refractivity contribution in [2.24, 2.45) is 23.7 Å². The van der Waals surface area contributed by atoms with Crippen LogP contribution in [-0.4, -0.2) is 41.6 Å². The van der Waals surface area contributed by atoms with Gasteiger partial charge in [-0.05, 0) is 84.5 Å². The largest absolute Gasteiger partial charge is 0.504 e. The van der Waals surface area contributed by atoms with Gasteiger partial charge in [0.2, 0.25) is 23.6 Å². The summed E-state index contributed by atoms with van der Waals surface area (Å²) in [5, 5.41) is 11.5. The number of carbonyl (C=O) groups is 5. The lowest BCUT2D eigenvalue weighted by molar-refractivity contribution is -0.127. The van der Waals surface area contributed by atoms with Gasteiger partial charge >= 0.3 is 0 Å². The van der Waals surface area contributed by atoms with Crippen LogP contribution in [0.15, 0.2) is 139 Å². The molecule has 278 valence electrons. The summed E-state index contributed by atoms with van der Waals surface area (Å²) in [6, 6.07) is 36.1. The van der Waals surface area contributed by atoms with Crippen molar-refractivity contribution in [3.63, 3.8) is 0 Å². The maximum atomic E-state index is 15.4. The first-order valence-electron chi connectivity index (χ1n) is 18.5. The molecule has 3 fully saturated rings. The predicted octanol–water partition coefficient (Wildman–Crippen LogP) is 7.65. The fraction of sp³-hybridized carbons (Fsp3) is 0.196. The highest BCUT2D eigenvalue weighted by molar-refractivity contribution is 6.32. The van der Waals surface area contributed by atoms with Crippen molar-refractivity contribution < 1.29 is 33.8 Å². The van der Waals surface area contributed by atoms with E-state index in [0.717, 1.165) is 5.57 Å². The number of aromatic hydroxyl groups is 1. The van der Waals surface area contributed by atoms with Crippen molar-refractivity contribution in [2.45, 2.75) is 24.2 Å². The molecule has 0 bridgehead atoms. The molecule has 5 aromatic carbocycles. The number of nitrogens with zero attached hydrogens (tertiary/aromatic N) is 2. The number of phenolic OH excluding ortho intramolecular Hbond substituents is 1. The third-order valence-electron chi connectivity index (χ3n) is 12.1. The Morgan fingerprint density at radius 3 is 2.11 bits per heavy atom. The molecule has 2 heterocycles. The molecular formula is C46H35ClN2O7. The van der Waals surface area contributed by atoms with Gasteiger partial charge in [0.15, 0.2) is 17.3 Å². The molecule has 9 rings (SSSR count). The minimum absolute atomic E-state index is 0.125. The number of amides is 4. The van der Waals surface area contributed by atoms with Crippen LogP contribution < -0.4 is 14.5 Å². The summed E-state index contributed by atoms with van der Waals surface area (Å²) in [7, 11) is 1.45. The Hall–Kier alpha value is -6.32. The second-order valence-corrected chi connectivity index (χ2v) is 15.2. The van der Waals surface area contributed by atoms with Gasteiger partial charge in [-0.3, -0.25) is 28.9 Å². The fourth-order valence-corrected chi connectivity index (χ4v) is 9.96. The van der Waals surface area contributed by atoms with Gasteiger partial charge in [-0.25, -0.2) is 4.90 Å². The Morgan fingerprint density at radius 2 is 1.43 bits per heavy atom. The molecule has 9 nitrogen and oxygen atoms in total. The normalized spacial score (nSPS) is 25.4. The summed E-state index contributed by atoms with van der Waals surface area (Å²) in [6.07, 6.45) is 2.32. The number of allylic oxidation sites excluding steroid dienone is 2. The standard InChI is InChI=1S/C46H35ClN2O7/c1-56-38-22-17-28(23-37(38)50)40-33-20-21-34-39(44(54)48(42(34)52)31-18-15-27(16-19-31)41(51)26-9-4-2-5-10-26)35(33)25-36-43(53)49(32-14-8-13-30(47)24-32)45(55)46(36,40)29-11-6-3-7-12-29/h2-20,22-24,34-36,39-40,50H,21,25H2,1H3. The molecule has 0 aromatic heterocycles. The van der Waals surface area contributed by atoms with Crippen molar-refractivity contribution in [1.29, 1.82) is 0 Å². The molecule has 2 aliphatic carbocycles. The van der Waals surface area contributed by atoms with Crippen LogP contribution in [0, 0.1) is 23.7 Å². The first-order valence-corrected chi connectivity index (χ1v) is 18.9.